The largest absolute Gasteiger partial charge is 0.416 e. The lowest BCUT2D eigenvalue weighted by atomic mass is 9.89. The molecule has 1 aromatic carbocycles. The van der Waals surface area contributed by atoms with E-state index in [0.29, 0.717) is 121 Å². The molecule has 22 heteroatoms. The molecule has 4 aromatic rings. The first-order valence-corrected chi connectivity index (χ1v) is 25.1. The number of hydrogen-bond acceptors (Lipinski definition) is 17. The zero-order valence-corrected chi connectivity index (χ0v) is 43.8. The fraction of sp³-hybridized carbons (Fsp3) is 0.577. The lowest BCUT2D eigenvalue weighted by Crippen LogP contribution is -2.46. The number of nitrogens with two attached hydrogens (primary N) is 1. The van der Waals surface area contributed by atoms with Crippen LogP contribution in [0.3, 0.4) is 0 Å². The predicted octanol–water partition coefficient (Wildman–Crippen LogP) is 5.67. The summed E-state index contributed by atoms with van der Waals surface area (Å²) in [6.07, 6.45) is 10.5. The maximum absolute atomic E-state index is 13.2. The van der Waals surface area contributed by atoms with Crippen molar-refractivity contribution in [1.82, 2.24) is 40.0 Å². The van der Waals surface area contributed by atoms with Crippen molar-refractivity contribution in [1.29, 1.82) is 0 Å². The van der Waals surface area contributed by atoms with Crippen LogP contribution in [0.1, 0.15) is 86.3 Å². The van der Waals surface area contributed by atoms with Gasteiger partial charge in [0.2, 0.25) is 12.3 Å². The van der Waals surface area contributed by atoms with E-state index >= 15 is 0 Å². The Hall–Kier alpha value is -5.75. The molecule has 2 fully saturated rings. The molecule has 1 saturated heterocycles. The van der Waals surface area contributed by atoms with Gasteiger partial charge in [-0.25, -0.2) is 15.0 Å². The van der Waals surface area contributed by atoms with E-state index in [9.17, 15) is 32.3 Å². The number of alkyl halides is 3. The zero-order valence-electron chi connectivity index (χ0n) is 43.8. The Morgan fingerprint density at radius 3 is 2.04 bits per heavy atom. The van der Waals surface area contributed by atoms with Crippen LogP contribution in [0, 0.1) is 0 Å². The first-order valence-electron chi connectivity index (χ1n) is 25.1. The summed E-state index contributed by atoms with van der Waals surface area (Å²) in [6, 6.07) is 11.9. The Labute approximate surface area is 433 Å². The molecule has 0 spiro atoms. The summed E-state index contributed by atoms with van der Waals surface area (Å²) in [7, 11) is 7.69. The second-order valence-electron chi connectivity index (χ2n) is 17.7. The minimum Gasteiger partial charge on any atom is -0.377 e. The topological polar surface area (TPSA) is 229 Å². The highest BCUT2D eigenvalue weighted by molar-refractivity contribution is 5.93. The minimum absolute atomic E-state index is 0.00408. The number of nitrogens with one attached hydrogen (secondary N) is 3. The summed E-state index contributed by atoms with van der Waals surface area (Å²) in [4.78, 5) is 66.8. The number of pyridine rings is 2. The lowest BCUT2D eigenvalue weighted by Gasteiger charge is -2.39. The summed E-state index contributed by atoms with van der Waals surface area (Å²) >= 11 is 0. The van der Waals surface area contributed by atoms with Crippen LogP contribution in [0.4, 0.5) is 24.8 Å². The molecule has 410 valence electrons. The van der Waals surface area contributed by atoms with Gasteiger partial charge in [-0.3, -0.25) is 19.4 Å². The summed E-state index contributed by atoms with van der Waals surface area (Å²) < 4.78 is 60.9. The molecule has 2 amide bonds. The average Bonchev–Trinajstić information content (AvgIpc) is 3.78. The molecule has 0 bridgehead atoms. The zero-order chi connectivity index (χ0) is 54.1. The van der Waals surface area contributed by atoms with E-state index in [1.54, 1.807) is 18.3 Å². The summed E-state index contributed by atoms with van der Waals surface area (Å²) in [6.45, 7) is 10.2. The van der Waals surface area contributed by atoms with Gasteiger partial charge in [0.15, 0.2) is 6.29 Å². The third-order valence-corrected chi connectivity index (χ3v) is 12.3. The van der Waals surface area contributed by atoms with Crippen molar-refractivity contribution in [3.05, 3.63) is 84.1 Å². The van der Waals surface area contributed by atoms with Crippen LogP contribution in [-0.4, -0.2) is 184 Å². The molecular formula is C52H78F3N11O8. The monoisotopic (exact) mass is 1040 g/mol. The molecule has 1 saturated carbocycles. The van der Waals surface area contributed by atoms with Gasteiger partial charge in [0.05, 0.1) is 63.9 Å². The van der Waals surface area contributed by atoms with Crippen LogP contribution in [0.15, 0.2) is 67.4 Å². The van der Waals surface area contributed by atoms with Crippen LogP contribution in [0.25, 0.3) is 10.9 Å². The van der Waals surface area contributed by atoms with E-state index in [2.05, 4.69) is 72.3 Å². The van der Waals surface area contributed by atoms with Crippen LogP contribution in [0.2, 0.25) is 0 Å². The van der Waals surface area contributed by atoms with Gasteiger partial charge >= 0.3 is 6.18 Å². The van der Waals surface area contributed by atoms with Gasteiger partial charge in [-0.1, -0.05) is 6.07 Å². The molecule has 2 aliphatic rings. The van der Waals surface area contributed by atoms with Gasteiger partial charge in [-0.2, -0.15) is 13.2 Å². The number of ether oxygens (including phenoxy) is 4. The third kappa shape index (κ3) is 22.4. The van der Waals surface area contributed by atoms with Crippen molar-refractivity contribution in [2.75, 3.05) is 111 Å². The number of amides is 2. The normalized spacial score (nSPS) is 16.9. The van der Waals surface area contributed by atoms with Crippen molar-refractivity contribution in [2.45, 2.75) is 95.2 Å². The summed E-state index contributed by atoms with van der Waals surface area (Å²) in [5.41, 5.74) is 5.86. The first-order chi connectivity index (χ1) is 35.8. The number of carbonyl (C=O) groups excluding carboxylic acids is 4. The molecule has 1 aliphatic heterocycles. The number of halogens is 3. The van der Waals surface area contributed by atoms with E-state index in [4.69, 9.17) is 18.9 Å². The maximum atomic E-state index is 13.2. The molecule has 2 unspecified atom stereocenters. The number of aromatic nitrogens is 4. The number of hydrogen-bond donors (Lipinski definition) is 4. The Morgan fingerprint density at radius 1 is 0.824 bits per heavy atom. The van der Waals surface area contributed by atoms with E-state index in [1.807, 2.05) is 37.3 Å². The molecule has 3 aromatic heterocycles. The molecule has 1 aliphatic carbocycles. The van der Waals surface area contributed by atoms with E-state index in [0.717, 1.165) is 56.8 Å². The molecule has 19 nitrogen and oxygen atoms in total. The maximum Gasteiger partial charge on any atom is 0.416 e. The average molecular weight is 1040 g/mol. The van der Waals surface area contributed by atoms with Gasteiger partial charge in [0.1, 0.15) is 30.3 Å². The number of aldehydes is 2. The Bertz CT molecular complexity index is 2170. The van der Waals surface area contributed by atoms with Gasteiger partial charge in [0, 0.05) is 79.8 Å². The van der Waals surface area contributed by atoms with E-state index in [-0.39, 0.29) is 29.2 Å². The number of rotatable bonds is 28. The first kappa shape index (κ1) is 62.5. The second-order valence-corrected chi connectivity index (χ2v) is 17.7. The summed E-state index contributed by atoms with van der Waals surface area (Å²) in [5.74, 6) is 0.976. The van der Waals surface area contributed by atoms with Gasteiger partial charge < -0.3 is 60.1 Å². The number of nitrogens with zero attached hydrogens (tertiary/aromatic N) is 7. The quantitative estimate of drug-likeness (QED) is 0.0397. The highest BCUT2D eigenvalue weighted by Gasteiger charge is 2.39. The predicted molar refractivity (Wildman–Crippen MR) is 279 cm³/mol. The lowest BCUT2D eigenvalue weighted by molar-refractivity contribution is -0.137. The minimum atomic E-state index is -4.45. The van der Waals surface area contributed by atoms with Crippen molar-refractivity contribution in [2.24, 2.45) is 5.73 Å². The molecule has 2 atom stereocenters. The SMILES string of the molecule is CC(C)N(C)C1CCC(N2CCC(Nc3ncnc4ccc(C(F)(F)F)cc34)C2=O)CC1.CN.CN(C)C(CCC=O)c1cccnc1.O=CNCCOCCOCCOCCOCCNc1ccc(C=O)cn1. The van der Waals surface area contributed by atoms with Gasteiger partial charge in [0.25, 0.3) is 0 Å². The Balaban J connectivity index is 0.000000308. The number of carbonyl (C=O) groups is 4. The fourth-order valence-corrected chi connectivity index (χ4v) is 8.21. The van der Waals surface area contributed by atoms with Crippen LogP contribution in [0.5, 0.6) is 0 Å². The Kier molecular flexibility index (Phi) is 30.0. The Morgan fingerprint density at radius 2 is 1.49 bits per heavy atom. The van der Waals surface area contributed by atoms with Crippen LogP contribution < -0.4 is 21.7 Å². The van der Waals surface area contributed by atoms with Crippen LogP contribution in [-0.2, 0) is 39.5 Å². The van der Waals surface area contributed by atoms with Gasteiger partial charge in [-0.15, -0.1) is 0 Å². The number of anilines is 2. The highest BCUT2D eigenvalue weighted by atomic mass is 19.4. The molecule has 74 heavy (non-hydrogen) atoms. The molecule has 4 heterocycles. The number of likely N-dealkylation sites (tertiary alicyclic amines) is 1. The van der Waals surface area contributed by atoms with Crippen molar-refractivity contribution < 1.29 is 51.3 Å². The van der Waals surface area contributed by atoms with Crippen molar-refractivity contribution in [3.8, 4) is 0 Å². The van der Waals surface area contributed by atoms with Gasteiger partial charge in [-0.05, 0) is 123 Å². The smallest absolute Gasteiger partial charge is 0.377 e. The molecular weight excluding hydrogens is 964 g/mol. The number of benzene rings is 1. The van der Waals surface area contributed by atoms with E-state index in [1.165, 1.54) is 31.2 Å². The molecule has 0 radical (unpaired) electrons. The summed E-state index contributed by atoms with van der Waals surface area (Å²) in [5, 5.41) is 8.98. The van der Waals surface area contributed by atoms with Crippen molar-refractivity contribution >= 4 is 47.4 Å². The van der Waals surface area contributed by atoms with Crippen LogP contribution >= 0.6 is 0 Å². The molecule has 6 rings (SSSR count). The standard InChI is InChI=1S/C23H30F3N5O.C17H27N3O6.C11H16N2O.CH5N/c1-14(2)30(3)16-5-7-17(8-6-16)31-11-10-20(22(31)32)29-21-18-12-15(23(24,25)26)4-9-19(18)27-13-28-21;21-14-16-1-2-17(20-13-16)19-4-6-24-8-10-26-12-11-25-9-7-23-5-3-18-15-22;1-13(2)11(6-4-8-14)10-5-3-7-12-9-10;1-2/h4,9,12-14,16-17,20H,5-8,10-11H2,1-3H3,(H,27,28,29);1-2,13-15H,3-12H2,(H,18,22)(H,19,20);3,5,7-9,11H,4,6H2,1-2H3;2H2,1H3. The highest BCUT2D eigenvalue weighted by Crippen LogP contribution is 2.34. The number of fused-ring (bicyclic) bond motifs is 1. The molecule has 5 N–H and O–H groups in total. The third-order valence-electron chi connectivity index (χ3n) is 12.3. The van der Waals surface area contributed by atoms with E-state index < -0.39 is 17.8 Å². The fourth-order valence-electron chi connectivity index (χ4n) is 8.21. The van der Waals surface area contributed by atoms with Crippen molar-refractivity contribution in [3.63, 3.8) is 0 Å². The second kappa shape index (κ2) is 35.4.